The van der Waals surface area contributed by atoms with Gasteiger partial charge in [-0.25, -0.2) is 9.66 Å². The minimum absolute atomic E-state index is 0.313. The van der Waals surface area contributed by atoms with Crippen molar-refractivity contribution in [2.75, 3.05) is 31.2 Å². The van der Waals surface area contributed by atoms with Crippen molar-refractivity contribution in [3.05, 3.63) is 30.1 Å². The number of nitrogens with one attached hydrogen (secondary N) is 1. The number of benzene rings is 1. The molecular weight excluding hydrogens is 257 g/mol. The van der Waals surface area contributed by atoms with Gasteiger partial charge in [0.15, 0.2) is 6.33 Å². The first-order chi connectivity index (χ1) is 9.05. The molecule has 0 unspecified atom stereocenters. The molecule has 2 aromatic rings. The van der Waals surface area contributed by atoms with Gasteiger partial charge in [-0.3, -0.25) is 0 Å². The first-order valence-electron chi connectivity index (χ1n) is 5.99. The molecule has 1 radical (unpaired) electrons. The second-order valence-electron chi connectivity index (χ2n) is 4.43. The summed E-state index contributed by atoms with van der Waals surface area (Å²) in [6.07, 6.45) is -1.58. The van der Waals surface area contributed by atoms with E-state index in [1.807, 2.05) is 5.01 Å². The largest absolute Gasteiger partial charge is 0.416 e. The number of rotatable bonds is 1. The third-order valence-electron chi connectivity index (χ3n) is 3.17. The third-order valence-corrected chi connectivity index (χ3v) is 3.17. The fourth-order valence-corrected chi connectivity index (χ4v) is 2.19. The average Bonchev–Trinajstić information content (AvgIpc) is 2.81. The van der Waals surface area contributed by atoms with E-state index in [4.69, 9.17) is 0 Å². The van der Waals surface area contributed by atoms with Crippen LogP contribution in [0, 0.1) is 6.33 Å². The van der Waals surface area contributed by atoms with Crippen molar-refractivity contribution in [1.82, 2.24) is 15.0 Å². The number of hydrogen-bond acceptors (Lipinski definition) is 3. The van der Waals surface area contributed by atoms with Crippen molar-refractivity contribution < 1.29 is 13.2 Å². The SMILES string of the molecule is FC(F)(F)c1ccc2c(c1)n[c]n2N1CCNCC1. The molecule has 1 aliphatic heterocycles. The van der Waals surface area contributed by atoms with Gasteiger partial charge in [0, 0.05) is 26.2 Å². The predicted octanol–water partition coefficient (Wildman–Crippen LogP) is 1.40. The Balaban J connectivity index is 2.00. The van der Waals surface area contributed by atoms with Crippen molar-refractivity contribution >= 4 is 11.0 Å². The van der Waals surface area contributed by atoms with Gasteiger partial charge >= 0.3 is 6.18 Å². The van der Waals surface area contributed by atoms with Crippen LogP contribution >= 0.6 is 0 Å². The van der Waals surface area contributed by atoms with E-state index in [1.165, 1.54) is 6.07 Å². The molecule has 0 atom stereocenters. The zero-order valence-electron chi connectivity index (χ0n) is 10.0. The lowest BCUT2D eigenvalue weighted by molar-refractivity contribution is -0.137. The van der Waals surface area contributed by atoms with E-state index < -0.39 is 11.7 Å². The standard InChI is InChI=1S/C12H12F3N4/c13-12(14,15)9-1-2-11-10(7-9)17-8-19(11)18-5-3-16-4-6-18/h1-2,7,16H,3-6H2. The van der Waals surface area contributed by atoms with Crippen LogP contribution in [0.1, 0.15) is 5.56 Å². The monoisotopic (exact) mass is 269 g/mol. The Morgan fingerprint density at radius 3 is 2.63 bits per heavy atom. The van der Waals surface area contributed by atoms with Gasteiger partial charge in [0.05, 0.1) is 16.6 Å². The lowest BCUT2D eigenvalue weighted by Crippen LogP contribution is -2.49. The number of alkyl halides is 3. The lowest BCUT2D eigenvalue weighted by Gasteiger charge is -2.30. The first-order valence-corrected chi connectivity index (χ1v) is 5.99. The highest BCUT2D eigenvalue weighted by atomic mass is 19.4. The van der Waals surface area contributed by atoms with Crippen LogP contribution in [0.5, 0.6) is 0 Å². The van der Waals surface area contributed by atoms with Crippen molar-refractivity contribution in [2.24, 2.45) is 0 Å². The number of nitrogens with zero attached hydrogens (tertiary/aromatic N) is 3. The molecule has 1 saturated heterocycles. The fraction of sp³-hybridized carbons (Fsp3) is 0.417. The number of hydrogen-bond donors (Lipinski definition) is 1. The van der Waals surface area contributed by atoms with Crippen LogP contribution in [0.2, 0.25) is 0 Å². The average molecular weight is 269 g/mol. The van der Waals surface area contributed by atoms with Crippen LogP contribution in [0.3, 0.4) is 0 Å². The molecule has 4 nitrogen and oxygen atoms in total. The van der Waals surface area contributed by atoms with Crippen molar-refractivity contribution in [2.45, 2.75) is 6.18 Å². The number of aromatic nitrogens is 2. The Morgan fingerprint density at radius 1 is 1.21 bits per heavy atom. The van der Waals surface area contributed by atoms with E-state index in [0.29, 0.717) is 11.0 Å². The number of piperazine rings is 1. The predicted molar refractivity (Wildman–Crippen MR) is 64.4 cm³/mol. The van der Waals surface area contributed by atoms with E-state index in [9.17, 15) is 13.2 Å². The number of halogens is 3. The molecule has 1 aromatic carbocycles. The van der Waals surface area contributed by atoms with Gasteiger partial charge in [-0.15, -0.1) is 0 Å². The number of fused-ring (bicyclic) bond motifs is 1. The van der Waals surface area contributed by atoms with Crippen molar-refractivity contribution in [3.8, 4) is 0 Å². The second-order valence-corrected chi connectivity index (χ2v) is 4.43. The molecule has 0 saturated carbocycles. The highest BCUT2D eigenvalue weighted by Gasteiger charge is 2.31. The second kappa shape index (κ2) is 4.41. The van der Waals surface area contributed by atoms with E-state index >= 15 is 0 Å². The zero-order valence-corrected chi connectivity index (χ0v) is 10.0. The molecule has 1 fully saturated rings. The molecule has 0 bridgehead atoms. The van der Waals surface area contributed by atoms with Crippen LogP contribution in [0.25, 0.3) is 11.0 Å². The van der Waals surface area contributed by atoms with Gasteiger partial charge in [0.1, 0.15) is 0 Å². The molecule has 7 heteroatoms. The fourth-order valence-electron chi connectivity index (χ4n) is 2.19. The summed E-state index contributed by atoms with van der Waals surface area (Å²) < 4.78 is 39.5. The Kier molecular flexibility index (Phi) is 2.85. The van der Waals surface area contributed by atoms with Crippen molar-refractivity contribution in [1.29, 1.82) is 0 Å². The van der Waals surface area contributed by atoms with Gasteiger partial charge in [-0.05, 0) is 18.2 Å². The van der Waals surface area contributed by atoms with E-state index in [-0.39, 0.29) is 0 Å². The minimum Gasteiger partial charge on any atom is -0.313 e. The lowest BCUT2D eigenvalue weighted by atomic mass is 10.2. The Morgan fingerprint density at radius 2 is 1.95 bits per heavy atom. The summed E-state index contributed by atoms with van der Waals surface area (Å²) in [7, 11) is 0. The molecule has 3 rings (SSSR count). The van der Waals surface area contributed by atoms with E-state index in [2.05, 4.69) is 16.6 Å². The Bertz CT molecular complexity index is 584. The van der Waals surface area contributed by atoms with Crippen LogP contribution in [-0.4, -0.2) is 35.8 Å². The zero-order chi connectivity index (χ0) is 13.5. The summed E-state index contributed by atoms with van der Waals surface area (Å²) in [6, 6.07) is 3.59. The van der Waals surface area contributed by atoms with Crippen LogP contribution in [0.4, 0.5) is 13.2 Å². The minimum atomic E-state index is -4.34. The van der Waals surface area contributed by atoms with Crippen LogP contribution in [-0.2, 0) is 6.18 Å². The van der Waals surface area contributed by atoms with Gasteiger partial charge in [-0.2, -0.15) is 13.2 Å². The quantitative estimate of drug-likeness (QED) is 0.849. The normalized spacial score (nSPS) is 17.1. The van der Waals surface area contributed by atoms with Gasteiger partial charge in [-0.1, -0.05) is 0 Å². The van der Waals surface area contributed by atoms with E-state index in [1.54, 1.807) is 4.68 Å². The van der Waals surface area contributed by atoms with Gasteiger partial charge < -0.3 is 10.3 Å². The molecule has 0 spiro atoms. The summed E-state index contributed by atoms with van der Waals surface area (Å²) in [5.74, 6) is 0. The molecular formula is C12H12F3N4. The molecule has 1 aliphatic rings. The molecule has 1 N–H and O–H groups in total. The topological polar surface area (TPSA) is 33.1 Å². The highest BCUT2D eigenvalue weighted by molar-refractivity contribution is 5.76. The number of imidazole rings is 1. The summed E-state index contributed by atoms with van der Waals surface area (Å²) in [5.41, 5.74) is 0.280. The third kappa shape index (κ3) is 2.25. The smallest absolute Gasteiger partial charge is 0.313 e. The summed E-state index contributed by atoms with van der Waals surface area (Å²) in [5, 5.41) is 5.23. The summed E-state index contributed by atoms with van der Waals surface area (Å²) in [4.78, 5) is 3.94. The molecule has 19 heavy (non-hydrogen) atoms. The molecule has 0 amide bonds. The maximum atomic E-state index is 12.6. The summed E-state index contributed by atoms with van der Waals surface area (Å²) >= 11 is 0. The molecule has 0 aliphatic carbocycles. The van der Waals surface area contributed by atoms with Gasteiger partial charge in [0.2, 0.25) is 0 Å². The van der Waals surface area contributed by atoms with Gasteiger partial charge in [0.25, 0.3) is 0 Å². The van der Waals surface area contributed by atoms with Crippen LogP contribution < -0.4 is 10.3 Å². The van der Waals surface area contributed by atoms with Crippen LogP contribution in [0.15, 0.2) is 18.2 Å². The highest BCUT2D eigenvalue weighted by Crippen LogP contribution is 2.31. The Labute approximate surface area is 107 Å². The maximum absolute atomic E-state index is 12.6. The summed E-state index contributed by atoms with van der Waals surface area (Å²) in [6.45, 7) is 3.24. The molecule has 2 heterocycles. The maximum Gasteiger partial charge on any atom is 0.416 e. The Hall–Kier alpha value is -1.76. The first kappa shape index (κ1) is 12.3. The molecule has 1 aromatic heterocycles. The van der Waals surface area contributed by atoms with E-state index in [0.717, 1.165) is 38.3 Å². The van der Waals surface area contributed by atoms with Crippen molar-refractivity contribution in [3.63, 3.8) is 0 Å². The molecule has 101 valence electrons.